The van der Waals surface area contributed by atoms with E-state index in [4.69, 9.17) is 4.74 Å². The number of aryl methyl sites for hydroxylation is 1. The number of hydrogen-bond acceptors (Lipinski definition) is 3. The Kier molecular flexibility index (Phi) is 3.08. The minimum Gasteiger partial charge on any atom is -0.491 e. The summed E-state index contributed by atoms with van der Waals surface area (Å²) in [5.74, 6) is 0.903. The van der Waals surface area contributed by atoms with Crippen LogP contribution in [0.2, 0.25) is 0 Å². The van der Waals surface area contributed by atoms with Gasteiger partial charge in [0, 0.05) is 5.56 Å². The Bertz CT molecular complexity index is 463. The second kappa shape index (κ2) is 4.51. The van der Waals surface area contributed by atoms with E-state index in [1.54, 1.807) is 0 Å². The van der Waals surface area contributed by atoms with E-state index < -0.39 is 0 Å². The van der Waals surface area contributed by atoms with E-state index >= 15 is 0 Å². The zero-order valence-electron chi connectivity index (χ0n) is 9.51. The van der Waals surface area contributed by atoms with Gasteiger partial charge >= 0.3 is 0 Å². The van der Waals surface area contributed by atoms with Crippen molar-refractivity contribution in [1.29, 1.82) is 0 Å². The Hall–Kier alpha value is -1.58. The number of aromatic amines is 1. The van der Waals surface area contributed by atoms with Gasteiger partial charge < -0.3 is 9.72 Å². The fourth-order valence-electron chi connectivity index (χ4n) is 1.98. The summed E-state index contributed by atoms with van der Waals surface area (Å²) in [4.78, 5) is 18.9. The van der Waals surface area contributed by atoms with Crippen LogP contribution in [0.4, 0.5) is 0 Å². The van der Waals surface area contributed by atoms with Gasteiger partial charge in [-0.25, -0.2) is 4.98 Å². The van der Waals surface area contributed by atoms with E-state index in [9.17, 15) is 4.79 Å². The average Bonchev–Trinajstić information content (AvgIpc) is 2.29. The molecule has 0 unspecified atom stereocenters. The van der Waals surface area contributed by atoms with Gasteiger partial charge in [-0.1, -0.05) is 6.58 Å². The smallest absolute Gasteiger partial charge is 0.254 e. The zero-order valence-corrected chi connectivity index (χ0v) is 9.51. The van der Waals surface area contributed by atoms with Crippen molar-refractivity contribution >= 4 is 5.76 Å². The number of H-pyrrole nitrogens is 1. The number of nitrogens with one attached hydrogen (secondary N) is 1. The molecule has 1 aromatic rings. The fraction of sp³-hybridized carbons (Fsp3) is 0.500. The van der Waals surface area contributed by atoms with Crippen molar-refractivity contribution in [3.05, 3.63) is 34.0 Å². The van der Waals surface area contributed by atoms with Gasteiger partial charge in [0.1, 0.15) is 0 Å². The van der Waals surface area contributed by atoms with Gasteiger partial charge in [-0.2, -0.15) is 0 Å². The Morgan fingerprint density at radius 1 is 1.50 bits per heavy atom. The van der Waals surface area contributed by atoms with Crippen LogP contribution < -0.4 is 5.56 Å². The number of nitrogens with zero attached hydrogens (tertiary/aromatic N) is 1. The van der Waals surface area contributed by atoms with Gasteiger partial charge in [-0.15, -0.1) is 0 Å². The Morgan fingerprint density at radius 3 is 3.00 bits per heavy atom. The van der Waals surface area contributed by atoms with Crippen LogP contribution in [-0.4, -0.2) is 16.6 Å². The van der Waals surface area contributed by atoms with Gasteiger partial charge in [0.2, 0.25) is 0 Å². The van der Waals surface area contributed by atoms with Crippen molar-refractivity contribution in [2.24, 2.45) is 0 Å². The van der Waals surface area contributed by atoms with Gasteiger partial charge in [-0.3, -0.25) is 4.79 Å². The number of rotatable bonds is 3. The van der Waals surface area contributed by atoms with Gasteiger partial charge in [0.05, 0.1) is 12.3 Å². The molecule has 0 spiro atoms. The normalized spacial score (nSPS) is 14.3. The highest BCUT2D eigenvalue weighted by Crippen LogP contribution is 2.17. The molecule has 1 aliphatic carbocycles. The van der Waals surface area contributed by atoms with Crippen LogP contribution in [0.3, 0.4) is 0 Å². The second-order valence-electron chi connectivity index (χ2n) is 3.90. The molecule has 0 bridgehead atoms. The van der Waals surface area contributed by atoms with Crippen LogP contribution in [-0.2, 0) is 17.6 Å². The summed E-state index contributed by atoms with van der Waals surface area (Å²) in [6, 6.07) is 0. The van der Waals surface area contributed by atoms with E-state index in [-0.39, 0.29) is 5.56 Å². The highest BCUT2D eigenvalue weighted by Gasteiger charge is 2.16. The SMILES string of the molecule is C=C(OCC)c1nc2c(c(=O)[nH]1)CCCC2. The standard InChI is InChI=1S/C12H16N2O2/c1-3-16-8(2)11-13-10-7-5-4-6-9(10)12(15)14-11/h2-7H2,1H3,(H,13,14,15). The quantitative estimate of drug-likeness (QED) is 0.788. The molecule has 0 saturated carbocycles. The molecule has 1 heterocycles. The van der Waals surface area contributed by atoms with Crippen molar-refractivity contribution in [3.63, 3.8) is 0 Å². The van der Waals surface area contributed by atoms with Crippen molar-refractivity contribution in [2.45, 2.75) is 32.6 Å². The minimum atomic E-state index is -0.0412. The number of hydrogen-bond donors (Lipinski definition) is 1. The number of aromatic nitrogens is 2. The first-order valence-electron chi connectivity index (χ1n) is 5.66. The van der Waals surface area contributed by atoms with Crippen LogP contribution in [0.1, 0.15) is 36.8 Å². The Morgan fingerprint density at radius 2 is 2.25 bits per heavy atom. The Balaban J connectivity index is 2.39. The number of ether oxygens (including phenoxy) is 1. The van der Waals surface area contributed by atoms with Crippen molar-refractivity contribution in [3.8, 4) is 0 Å². The summed E-state index contributed by atoms with van der Waals surface area (Å²) in [5.41, 5.74) is 1.70. The van der Waals surface area contributed by atoms with Gasteiger partial charge in [-0.05, 0) is 32.6 Å². The lowest BCUT2D eigenvalue weighted by molar-refractivity contribution is 0.296. The monoisotopic (exact) mass is 220 g/mol. The molecule has 1 aliphatic rings. The molecule has 4 nitrogen and oxygen atoms in total. The van der Waals surface area contributed by atoms with E-state index in [1.807, 2.05) is 6.92 Å². The number of fused-ring (bicyclic) bond motifs is 1. The zero-order chi connectivity index (χ0) is 11.5. The maximum absolute atomic E-state index is 11.8. The molecule has 0 aromatic carbocycles. The molecule has 0 atom stereocenters. The predicted molar refractivity (Wildman–Crippen MR) is 62.2 cm³/mol. The third-order valence-electron chi connectivity index (χ3n) is 2.77. The summed E-state index contributed by atoms with van der Waals surface area (Å²) in [6.07, 6.45) is 3.89. The van der Waals surface area contributed by atoms with Crippen molar-refractivity contribution in [2.75, 3.05) is 6.61 Å². The van der Waals surface area contributed by atoms with Crippen LogP contribution in [0.15, 0.2) is 11.4 Å². The molecule has 4 heteroatoms. The lowest BCUT2D eigenvalue weighted by Crippen LogP contribution is -2.22. The van der Waals surface area contributed by atoms with Crippen LogP contribution in [0, 0.1) is 0 Å². The first-order valence-corrected chi connectivity index (χ1v) is 5.66. The van der Waals surface area contributed by atoms with Crippen LogP contribution >= 0.6 is 0 Å². The summed E-state index contributed by atoms with van der Waals surface area (Å²) in [6.45, 7) is 6.15. The molecular weight excluding hydrogens is 204 g/mol. The van der Waals surface area contributed by atoms with Crippen LogP contribution in [0.25, 0.3) is 5.76 Å². The van der Waals surface area contributed by atoms with E-state index in [2.05, 4.69) is 16.5 Å². The molecule has 0 saturated heterocycles. The van der Waals surface area contributed by atoms with Crippen molar-refractivity contribution in [1.82, 2.24) is 9.97 Å². The molecule has 0 radical (unpaired) electrons. The largest absolute Gasteiger partial charge is 0.491 e. The third-order valence-corrected chi connectivity index (χ3v) is 2.77. The van der Waals surface area contributed by atoms with E-state index in [1.165, 1.54) is 0 Å². The molecule has 0 amide bonds. The first-order chi connectivity index (χ1) is 7.72. The second-order valence-corrected chi connectivity index (χ2v) is 3.90. The Labute approximate surface area is 94.4 Å². The molecule has 1 N–H and O–H groups in total. The highest BCUT2D eigenvalue weighted by molar-refractivity contribution is 5.49. The van der Waals surface area contributed by atoms with Gasteiger partial charge in [0.25, 0.3) is 5.56 Å². The fourth-order valence-corrected chi connectivity index (χ4v) is 1.98. The molecular formula is C12H16N2O2. The summed E-state index contributed by atoms with van der Waals surface area (Å²) < 4.78 is 5.25. The minimum absolute atomic E-state index is 0.0412. The maximum atomic E-state index is 11.8. The summed E-state index contributed by atoms with van der Waals surface area (Å²) in [5, 5.41) is 0. The molecule has 16 heavy (non-hydrogen) atoms. The molecule has 2 rings (SSSR count). The molecule has 0 aliphatic heterocycles. The van der Waals surface area contributed by atoms with E-state index in [0.29, 0.717) is 18.2 Å². The lowest BCUT2D eigenvalue weighted by Gasteiger charge is -2.15. The third kappa shape index (κ3) is 2.01. The van der Waals surface area contributed by atoms with E-state index in [0.717, 1.165) is 36.9 Å². The average molecular weight is 220 g/mol. The topological polar surface area (TPSA) is 55.0 Å². The van der Waals surface area contributed by atoms with Gasteiger partial charge in [0.15, 0.2) is 11.6 Å². The lowest BCUT2D eigenvalue weighted by atomic mass is 9.97. The predicted octanol–water partition coefficient (Wildman–Crippen LogP) is 1.66. The molecule has 86 valence electrons. The first kappa shape index (κ1) is 10.9. The summed E-state index contributed by atoms with van der Waals surface area (Å²) >= 11 is 0. The summed E-state index contributed by atoms with van der Waals surface area (Å²) in [7, 11) is 0. The maximum Gasteiger partial charge on any atom is 0.254 e. The van der Waals surface area contributed by atoms with Crippen LogP contribution in [0.5, 0.6) is 0 Å². The molecule has 0 fully saturated rings. The highest BCUT2D eigenvalue weighted by atomic mass is 16.5. The molecule has 1 aromatic heterocycles. The van der Waals surface area contributed by atoms with Crippen molar-refractivity contribution < 1.29 is 4.74 Å².